The lowest BCUT2D eigenvalue weighted by molar-refractivity contribution is -0.114. The molecule has 1 aromatic heterocycles. The first kappa shape index (κ1) is 19.2. The number of aromatic nitrogens is 2. The van der Waals surface area contributed by atoms with Crippen molar-refractivity contribution in [2.24, 2.45) is 5.16 Å². The van der Waals surface area contributed by atoms with Crippen LogP contribution in [0.3, 0.4) is 0 Å². The highest BCUT2D eigenvalue weighted by molar-refractivity contribution is 6.44. The average Bonchev–Trinajstić information content (AvgIpc) is 3.10. The summed E-state index contributed by atoms with van der Waals surface area (Å²) in [6, 6.07) is 7.95. The first-order valence-electron chi connectivity index (χ1n) is 8.22. The molecule has 0 aliphatic heterocycles. The maximum Gasteiger partial charge on any atom is 0.273 e. The number of nitrogens with one attached hydrogen (secondary N) is 1. The first-order valence-corrected chi connectivity index (χ1v) is 8.22. The van der Waals surface area contributed by atoms with Gasteiger partial charge in [0.05, 0.1) is 5.69 Å². The van der Waals surface area contributed by atoms with Crippen LogP contribution in [0, 0.1) is 13.8 Å². The predicted octanol–water partition coefficient (Wildman–Crippen LogP) is 2.56. The molecule has 1 amide bonds. The Hall–Kier alpha value is -3.09. The largest absolute Gasteiger partial charge is 0.472 e. The fraction of sp³-hybridized carbons (Fsp3) is 0.316. The van der Waals surface area contributed by atoms with E-state index >= 15 is 0 Å². The number of nitrogens with zero attached hydrogens (tertiary/aromatic N) is 3. The molecule has 0 bridgehead atoms. The second-order valence-corrected chi connectivity index (χ2v) is 5.77. The van der Waals surface area contributed by atoms with Crippen LogP contribution in [0.4, 0.5) is 0 Å². The molecule has 0 unspecified atom stereocenters. The fourth-order valence-corrected chi connectivity index (χ4v) is 2.25. The van der Waals surface area contributed by atoms with Gasteiger partial charge < -0.3 is 14.9 Å². The zero-order valence-electron chi connectivity index (χ0n) is 15.7. The molecule has 0 fully saturated rings. The van der Waals surface area contributed by atoms with Crippen molar-refractivity contribution in [2.45, 2.75) is 20.8 Å². The summed E-state index contributed by atoms with van der Waals surface area (Å²) in [5.74, 6) is 0.178. The zero-order chi connectivity index (χ0) is 19.1. The first-order chi connectivity index (χ1) is 12.5. The summed E-state index contributed by atoms with van der Waals surface area (Å²) in [6.45, 7) is 6.17. The van der Waals surface area contributed by atoms with Crippen LogP contribution in [-0.4, -0.2) is 42.2 Å². The Labute approximate surface area is 153 Å². The van der Waals surface area contributed by atoms with Crippen LogP contribution in [0.25, 0.3) is 5.69 Å². The molecule has 0 saturated carbocycles. The van der Waals surface area contributed by atoms with E-state index in [1.54, 1.807) is 23.7 Å². The molecule has 0 aliphatic rings. The molecule has 138 valence electrons. The van der Waals surface area contributed by atoms with Gasteiger partial charge in [-0.05, 0) is 55.7 Å². The maximum atomic E-state index is 11.8. The summed E-state index contributed by atoms with van der Waals surface area (Å²) in [4.78, 5) is 16.5. The molecule has 1 heterocycles. The van der Waals surface area contributed by atoms with E-state index in [0.717, 1.165) is 5.69 Å². The number of oxime groups is 1. The quantitative estimate of drug-likeness (QED) is 0.611. The topological polar surface area (TPSA) is 77.7 Å². The molecule has 26 heavy (non-hydrogen) atoms. The number of benzene rings is 1. The van der Waals surface area contributed by atoms with Gasteiger partial charge in [-0.25, -0.2) is 4.68 Å². The normalized spacial score (nSPS) is 12.0. The summed E-state index contributed by atoms with van der Waals surface area (Å²) >= 11 is 0. The van der Waals surface area contributed by atoms with Crippen molar-refractivity contribution in [3.05, 3.63) is 53.2 Å². The molecular formula is C19H24N4O3. The van der Waals surface area contributed by atoms with Crippen molar-refractivity contribution in [2.75, 3.05) is 20.8 Å². The zero-order valence-corrected chi connectivity index (χ0v) is 15.7. The number of aryl methyl sites for hydroxylation is 2. The van der Waals surface area contributed by atoms with Gasteiger partial charge in [0.1, 0.15) is 13.7 Å². The van der Waals surface area contributed by atoms with Crippen LogP contribution in [0.5, 0.6) is 5.88 Å². The van der Waals surface area contributed by atoms with Crippen molar-refractivity contribution in [1.29, 1.82) is 0 Å². The maximum absolute atomic E-state index is 11.8. The Morgan fingerprint density at radius 3 is 2.73 bits per heavy atom. The third-order valence-corrected chi connectivity index (χ3v) is 3.94. The minimum Gasteiger partial charge on any atom is -0.472 e. The monoisotopic (exact) mass is 356 g/mol. The lowest BCUT2D eigenvalue weighted by Crippen LogP contribution is -2.28. The van der Waals surface area contributed by atoms with Crippen LogP contribution in [0.1, 0.15) is 18.1 Å². The summed E-state index contributed by atoms with van der Waals surface area (Å²) in [5, 5.41) is 10.7. The number of amides is 1. The SMILES string of the molecule is CNC(=O)C(=N/OC)/C(C)=C\COc1ccn(-c2ccc(C)c(C)c2)n1. The van der Waals surface area contributed by atoms with Gasteiger partial charge in [0.25, 0.3) is 5.91 Å². The Bertz CT molecular complexity index is 837. The van der Waals surface area contributed by atoms with Crippen LogP contribution < -0.4 is 10.1 Å². The van der Waals surface area contributed by atoms with Gasteiger partial charge in [-0.2, -0.15) is 0 Å². The van der Waals surface area contributed by atoms with Gasteiger partial charge in [0.15, 0.2) is 5.71 Å². The minimum atomic E-state index is -0.320. The predicted molar refractivity (Wildman–Crippen MR) is 101 cm³/mol. The molecule has 2 aromatic rings. The van der Waals surface area contributed by atoms with Gasteiger partial charge in [0.2, 0.25) is 5.88 Å². The van der Waals surface area contributed by atoms with Gasteiger partial charge in [0, 0.05) is 19.3 Å². The van der Waals surface area contributed by atoms with Gasteiger partial charge in [-0.15, -0.1) is 5.10 Å². The van der Waals surface area contributed by atoms with E-state index in [4.69, 9.17) is 9.57 Å². The van der Waals surface area contributed by atoms with Crippen molar-refractivity contribution in [3.63, 3.8) is 0 Å². The third-order valence-electron chi connectivity index (χ3n) is 3.94. The lowest BCUT2D eigenvalue weighted by Gasteiger charge is -2.06. The van der Waals surface area contributed by atoms with E-state index in [-0.39, 0.29) is 18.2 Å². The van der Waals surface area contributed by atoms with Gasteiger partial charge in [-0.3, -0.25) is 4.79 Å². The Balaban J connectivity index is 2.04. The summed E-state index contributed by atoms with van der Waals surface area (Å²) in [5.41, 5.74) is 4.28. The molecule has 1 aromatic carbocycles. The van der Waals surface area contributed by atoms with E-state index in [1.165, 1.54) is 25.3 Å². The fourth-order valence-electron chi connectivity index (χ4n) is 2.25. The standard InChI is InChI=1S/C19H24N4O3/c1-13-6-7-16(12-15(13)3)23-10-8-17(21-23)26-11-9-14(2)18(22-25-5)19(24)20-4/h6-10,12H,11H2,1-5H3,(H,20,24)/b14-9-,22-18+. The molecule has 1 N–H and O–H groups in total. The number of hydrogen-bond donors (Lipinski definition) is 1. The molecule has 0 atom stereocenters. The van der Waals surface area contributed by atoms with E-state index < -0.39 is 0 Å². The molecule has 0 aliphatic carbocycles. The third kappa shape index (κ3) is 4.72. The van der Waals surface area contributed by atoms with Gasteiger partial charge in [-0.1, -0.05) is 11.2 Å². The number of ether oxygens (including phenoxy) is 1. The number of carbonyl (C=O) groups is 1. The number of hydrogen-bond acceptors (Lipinski definition) is 5. The minimum absolute atomic E-state index is 0.208. The molecule has 0 radical (unpaired) electrons. The highest BCUT2D eigenvalue weighted by atomic mass is 16.6. The molecule has 0 saturated heterocycles. The van der Waals surface area contributed by atoms with E-state index in [0.29, 0.717) is 11.5 Å². The van der Waals surface area contributed by atoms with Crippen LogP contribution in [0.15, 0.2) is 47.3 Å². The molecule has 2 rings (SSSR count). The second kappa shape index (κ2) is 8.84. The van der Waals surface area contributed by atoms with Crippen molar-refractivity contribution >= 4 is 11.6 Å². The smallest absolute Gasteiger partial charge is 0.273 e. The Kier molecular flexibility index (Phi) is 6.54. The summed E-state index contributed by atoms with van der Waals surface area (Å²) in [7, 11) is 2.93. The van der Waals surface area contributed by atoms with E-state index in [1.807, 2.05) is 12.3 Å². The summed E-state index contributed by atoms with van der Waals surface area (Å²) in [6.07, 6.45) is 3.60. The Morgan fingerprint density at radius 1 is 1.31 bits per heavy atom. The Morgan fingerprint density at radius 2 is 2.08 bits per heavy atom. The molecule has 0 spiro atoms. The lowest BCUT2D eigenvalue weighted by atomic mass is 10.1. The average molecular weight is 356 g/mol. The van der Waals surface area contributed by atoms with E-state index in [9.17, 15) is 4.79 Å². The van der Waals surface area contributed by atoms with Crippen LogP contribution in [-0.2, 0) is 9.63 Å². The number of rotatable bonds is 7. The second-order valence-electron chi connectivity index (χ2n) is 5.77. The van der Waals surface area contributed by atoms with Gasteiger partial charge >= 0.3 is 0 Å². The highest BCUT2D eigenvalue weighted by Crippen LogP contribution is 2.16. The molecule has 7 heteroatoms. The van der Waals surface area contributed by atoms with Crippen molar-refractivity contribution in [1.82, 2.24) is 15.1 Å². The van der Waals surface area contributed by atoms with Crippen LogP contribution in [0.2, 0.25) is 0 Å². The van der Waals surface area contributed by atoms with Crippen molar-refractivity contribution in [3.8, 4) is 11.6 Å². The highest BCUT2D eigenvalue weighted by Gasteiger charge is 2.12. The molecular weight excluding hydrogens is 332 g/mol. The van der Waals surface area contributed by atoms with Crippen molar-refractivity contribution < 1.29 is 14.4 Å². The van der Waals surface area contributed by atoms with Crippen LogP contribution >= 0.6 is 0 Å². The van der Waals surface area contributed by atoms with E-state index in [2.05, 4.69) is 41.6 Å². The molecule has 7 nitrogen and oxygen atoms in total. The number of carbonyl (C=O) groups excluding carboxylic acids is 1. The summed E-state index contributed by atoms with van der Waals surface area (Å²) < 4.78 is 7.40.